The molecule has 0 atom stereocenters. The molecule has 0 aliphatic rings. The summed E-state index contributed by atoms with van der Waals surface area (Å²) in [5.74, 6) is -0.247. The van der Waals surface area contributed by atoms with Gasteiger partial charge in [0, 0.05) is 5.56 Å². The molecule has 0 saturated heterocycles. The number of carboxylic acid groups (broad SMARTS) is 1. The predicted molar refractivity (Wildman–Crippen MR) is 83.3 cm³/mol. The summed E-state index contributed by atoms with van der Waals surface area (Å²) in [6.45, 7) is 2.52. The molecule has 0 aliphatic heterocycles. The number of carbonyl (C=O) groups is 1. The summed E-state index contributed by atoms with van der Waals surface area (Å²) in [4.78, 5) is 15.0. The lowest BCUT2D eigenvalue weighted by Gasteiger charge is -2.05. The predicted octanol–water partition coefficient (Wildman–Crippen LogP) is 4.17. The van der Waals surface area contributed by atoms with Crippen molar-refractivity contribution in [2.75, 3.05) is 6.61 Å². The molecule has 0 amide bonds. The highest BCUT2D eigenvalue weighted by Gasteiger charge is 2.13. The molecular formula is C14H12BrNO3S. The molecule has 0 aliphatic carbocycles. The minimum absolute atomic E-state index is 0.0349. The van der Waals surface area contributed by atoms with Crippen LogP contribution in [0.25, 0.3) is 12.2 Å². The number of benzene rings is 1. The second-order valence-corrected chi connectivity index (χ2v) is 6.13. The van der Waals surface area contributed by atoms with E-state index in [0.29, 0.717) is 15.4 Å². The van der Waals surface area contributed by atoms with E-state index >= 15 is 0 Å². The summed E-state index contributed by atoms with van der Waals surface area (Å²) < 4.78 is 6.04. The van der Waals surface area contributed by atoms with E-state index in [9.17, 15) is 4.79 Å². The van der Waals surface area contributed by atoms with Crippen molar-refractivity contribution >= 4 is 45.4 Å². The fourth-order valence-electron chi connectivity index (χ4n) is 1.59. The van der Waals surface area contributed by atoms with Gasteiger partial charge >= 0.3 is 5.97 Å². The van der Waals surface area contributed by atoms with Gasteiger partial charge in [-0.2, -0.15) is 0 Å². The molecular weight excluding hydrogens is 342 g/mol. The van der Waals surface area contributed by atoms with Crippen LogP contribution in [0.2, 0.25) is 0 Å². The zero-order chi connectivity index (χ0) is 14.5. The van der Waals surface area contributed by atoms with Crippen LogP contribution >= 0.6 is 27.3 Å². The van der Waals surface area contributed by atoms with Crippen LogP contribution in [0.15, 0.2) is 28.1 Å². The first-order valence-electron chi connectivity index (χ1n) is 5.91. The lowest BCUT2D eigenvalue weighted by atomic mass is 10.2. The summed E-state index contributed by atoms with van der Waals surface area (Å²) in [7, 11) is 0. The van der Waals surface area contributed by atoms with E-state index in [1.54, 1.807) is 6.08 Å². The van der Waals surface area contributed by atoms with E-state index in [2.05, 4.69) is 20.9 Å². The Kier molecular flexibility index (Phi) is 4.92. The number of ether oxygens (including phenoxy) is 1. The standard InChI is InChI=1S/C14H12BrNO3S/c1-2-19-10-6-4-3-5-9(10)7-8-11-16-12(14(17)18)13(15)20-11/h3-8H,2H2,1H3,(H,17,18)/b8-7+. The van der Waals surface area contributed by atoms with Gasteiger partial charge in [-0.3, -0.25) is 0 Å². The molecule has 0 fully saturated rings. The Morgan fingerprint density at radius 2 is 2.20 bits per heavy atom. The maximum absolute atomic E-state index is 10.9. The largest absolute Gasteiger partial charge is 0.493 e. The number of carboxylic acids is 1. The quantitative estimate of drug-likeness (QED) is 0.875. The molecule has 1 aromatic heterocycles. The van der Waals surface area contributed by atoms with E-state index in [-0.39, 0.29) is 5.69 Å². The highest BCUT2D eigenvalue weighted by Crippen LogP contribution is 2.27. The summed E-state index contributed by atoms with van der Waals surface area (Å²) in [5, 5.41) is 9.57. The van der Waals surface area contributed by atoms with Crippen LogP contribution in [0.5, 0.6) is 5.75 Å². The lowest BCUT2D eigenvalue weighted by molar-refractivity contribution is 0.0690. The summed E-state index contributed by atoms with van der Waals surface area (Å²) in [6.07, 6.45) is 3.64. The molecule has 104 valence electrons. The molecule has 20 heavy (non-hydrogen) atoms. The topological polar surface area (TPSA) is 59.4 Å². The van der Waals surface area contributed by atoms with Gasteiger partial charge in [0.15, 0.2) is 5.69 Å². The van der Waals surface area contributed by atoms with E-state index in [1.807, 2.05) is 37.3 Å². The smallest absolute Gasteiger partial charge is 0.356 e. The Morgan fingerprint density at radius 1 is 1.45 bits per heavy atom. The van der Waals surface area contributed by atoms with Crippen LogP contribution < -0.4 is 4.74 Å². The number of halogens is 1. The third-order valence-corrected chi connectivity index (χ3v) is 4.10. The molecule has 2 rings (SSSR count). The van der Waals surface area contributed by atoms with Crippen molar-refractivity contribution < 1.29 is 14.6 Å². The summed E-state index contributed by atoms with van der Waals surface area (Å²) >= 11 is 4.48. The SMILES string of the molecule is CCOc1ccccc1/C=C/c1nc(C(=O)O)c(Br)s1. The minimum Gasteiger partial charge on any atom is -0.493 e. The number of hydrogen-bond acceptors (Lipinski definition) is 4. The number of nitrogens with zero attached hydrogens (tertiary/aromatic N) is 1. The zero-order valence-corrected chi connectivity index (χ0v) is 13.1. The van der Waals surface area contributed by atoms with E-state index in [1.165, 1.54) is 11.3 Å². The normalized spacial score (nSPS) is 10.9. The van der Waals surface area contributed by atoms with Crippen LogP contribution in [-0.4, -0.2) is 22.7 Å². The molecule has 0 radical (unpaired) electrons. The maximum atomic E-state index is 10.9. The van der Waals surface area contributed by atoms with E-state index < -0.39 is 5.97 Å². The molecule has 1 N–H and O–H groups in total. The zero-order valence-electron chi connectivity index (χ0n) is 10.7. The second kappa shape index (κ2) is 6.67. The molecule has 6 heteroatoms. The van der Waals surface area contributed by atoms with Crippen molar-refractivity contribution in [1.82, 2.24) is 4.98 Å². The van der Waals surface area contributed by atoms with Gasteiger partial charge in [0.25, 0.3) is 0 Å². The Labute approximate surface area is 128 Å². The van der Waals surface area contributed by atoms with Gasteiger partial charge in [0.1, 0.15) is 14.5 Å². The third kappa shape index (κ3) is 3.46. The average Bonchev–Trinajstić information content (AvgIpc) is 2.79. The molecule has 1 heterocycles. The molecule has 0 bridgehead atoms. The number of aromatic nitrogens is 1. The van der Waals surface area contributed by atoms with Crippen molar-refractivity contribution in [3.63, 3.8) is 0 Å². The van der Waals surface area contributed by atoms with Crippen molar-refractivity contribution in [2.24, 2.45) is 0 Å². The van der Waals surface area contributed by atoms with E-state index in [0.717, 1.165) is 11.3 Å². The first kappa shape index (κ1) is 14.7. The minimum atomic E-state index is -1.04. The van der Waals surface area contributed by atoms with Gasteiger partial charge in [-0.1, -0.05) is 18.2 Å². The van der Waals surface area contributed by atoms with Crippen LogP contribution in [0, 0.1) is 0 Å². The fourth-order valence-corrected chi connectivity index (χ4v) is 3.03. The first-order chi connectivity index (χ1) is 9.61. The van der Waals surface area contributed by atoms with Crippen LogP contribution in [0.1, 0.15) is 28.0 Å². The van der Waals surface area contributed by atoms with Crippen molar-refractivity contribution in [1.29, 1.82) is 0 Å². The van der Waals surface area contributed by atoms with Crippen LogP contribution in [-0.2, 0) is 0 Å². The monoisotopic (exact) mass is 353 g/mol. The van der Waals surface area contributed by atoms with Crippen LogP contribution in [0.4, 0.5) is 0 Å². The van der Waals surface area contributed by atoms with Gasteiger partial charge in [0.05, 0.1) is 6.61 Å². The summed E-state index contributed by atoms with van der Waals surface area (Å²) in [6, 6.07) is 7.65. The Balaban J connectivity index is 2.25. The van der Waals surface area contributed by atoms with Gasteiger partial charge in [-0.25, -0.2) is 9.78 Å². The van der Waals surface area contributed by atoms with Gasteiger partial charge in [-0.15, -0.1) is 11.3 Å². The van der Waals surface area contributed by atoms with Crippen molar-refractivity contribution in [2.45, 2.75) is 6.92 Å². The van der Waals surface area contributed by atoms with Crippen molar-refractivity contribution in [3.05, 3.63) is 44.3 Å². The number of para-hydroxylation sites is 1. The highest BCUT2D eigenvalue weighted by atomic mass is 79.9. The molecule has 2 aromatic rings. The molecule has 0 saturated carbocycles. The van der Waals surface area contributed by atoms with Gasteiger partial charge in [-0.05, 0) is 41.1 Å². The molecule has 0 unspecified atom stereocenters. The maximum Gasteiger partial charge on any atom is 0.356 e. The number of rotatable bonds is 5. The number of thiazole rings is 1. The van der Waals surface area contributed by atoms with Crippen LogP contribution in [0.3, 0.4) is 0 Å². The van der Waals surface area contributed by atoms with Gasteiger partial charge < -0.3 is 9.84 Å². The number of hydrogen-bond donors (Lipinski definition) is 1. The Morgan fingerprint density at radius 3 is 2.85 bits per heavy atom. The molecule has 0 spiro atoms. The van der Waals surface area contributed by atoms with E-state index in [4.69, 9.17) is 9.84 Å². The average molecular weight is 354 g/mol. The molecule has 1 aromatic carbocycles. The lowest BCUT2D eigenvalue weighted by Crippen LogP contribution is -1.96. The van der Waals surface area contributed by atoms with Gasteiger partial charge in [0.2, 0.25) is 0 Å². The highest BCUT2D eigenvalue weighted by molar-refractivity contribution is 9.11. The number of aromatic carboxylic acids is 1. The third-order valence-electron chi connectivity index (χ3n) is 2.43. The van der Waals surface area contributed by atoms with Crippen molar-refractivity contribution in [3.8, 4) is 5.75 Å². The Hall–Kier alpha value is -1.66. The fraction of sp³-hybridized carbons (Fsp3) is 0.143. The summed E-state index contributed by atoms with van der Waals surface area (Å²) in [5.41, 5.74) is 0.963. The first-order valence-corrected chi connectivity index (χ1v) is 7.52. The molecule has 4 nitrogen and oxygen atoms in total. The Bertz CT molecular complexity index is 652. The second-order valence-electron chi connectivity index (χ2n) is 3.78.